The van der Waals surface area contributed by atoms with E-state index in [1.54, 1.807) is 31.5 Å². The Hall–Kier alpha value is -2.70. The summed E-state index contributed by atoms with van der Waals surface area (Å²) in [6, 6.07) is 3.58. The highest BCUT2D eigenvalue weighted by Gasteiger charge is 2.10. The van der Waals surface area contributed by atoms with E-state index in [1.165, 1.54) is 0 Å². The monoisotopic (exact) mass is 274 g/mol. The normalized spacial score (nSPS) is 10.2. The van der Waals surface area contributed by atoms with Gasteiger partial charge in [-0.15, -0.1) is 0 Å². The number of nitrogens with one attached hydrogen (secondary N) is 3. The van der Waals surface area contributed by atoms with Crippen LogP contribution in [0.4, 0.5) is 0 Å². The summed E-state index contributed by atoms with van der Waals surface area (Å²) in [6.07, 6.45) is 3.19. The summed E-state index contributed by atoms with van der Waals surface area (Å²) in [5.74, 6) is -0.289. The molecule has 20 heavy (non-hydrogen) atoms. The van der Waals surface area contributed by atoms with E-state index < -0.39 is 11.2 Å². The number of aryl methyl sites for hydroxylation is 1. The molecule has 3 N–H and O–H groups in total. The number of carbonyl (C=O) groups excluding carboxylic acids is 1. The molecule has 0 aliphatic heterocycles. The molecule has 0 bridgehead atoms. The van der Waals surface area contributed by atoms with E-state index in [0.29, 0.717) is 12.2 Å². The van der Waals surface area contributed by atoms with Crippen LogP contribution in [0.15, 0.2) is 34.1 Å². The second-order valence-electron chi connectivity index (χ2n) is 4.32. The quantitative estimate of drug-likeness (QED) is 0.706. The fourth-order valence-corrected chi connectivity index (χ4v) is 1.76. The molecule has 0 saturated heterocycles. The van der Waals surface area contributed by atoms with Gasteiger partial charge in [0.25, 0.3) is 5.56 Å². The van der Waals surface area contributed by atoms with Crippen molar-refractivity contribution in [1.82, 2.24) is 20.3 Å². The molecule has 2 aromatic heterocycles. The van der Waals surface area contributed by atoms with E-state index in [1.807, 2.05) is 0 Å². The molecule has 0 spiro atoms. The molecule has 0 fully saturated rings. The molecule has 2 rings (SSSR count). The maximum atomic E-state index is 11.8. The Morgan fingerprint density at radius 3 is 2.60 bits per heavy atom. The van der Waals surface area contributed by atoms with Gasteiger partial charge in [0.1, 0.15) is 0 Å². The lowest BCUT2D eigenvalue weighted by Gasteiger charge is -2.06. The van der Waals surface area contributed by atoms with Crippen molar-refractivity contribution in [2.45, 2.75) is 19.9 Å². The molecule has 0 radical (unpaired) electrons. The van der Waals surface area contributed by atoms with Gasteiger partial charge in [-0.2, -0.15) is 0 Å². The van der Waals surface area contributed by atoms with Crippen molar-refractivity contribution in [3.05, 3.63) is 62.2 Å². The predicted molar refractivity (Wildman–Crippen MR) is 72.2 cm³/mol. The Kier molecular flexibility index (Phi) is 4.09. The van der Waals surface area contributed by atoms with Gasteiger partial charge in [-0.25, -0.2) is 4.79 Å². The summed E-state index contributed by atoms with van der Waals surface area (Å²) in [7, 11) is 0. The van der Waals surface area contributed by atoms with Crippen LogP contribution in [0.3, 0.4) is 0 Å². The van der Waals surface area contributed by atoms with Crippen LogP contribution in [-0.4, -0.2) is 20.9 Å². The first kappa shape index (κ1) is 13.7. The largest absolute Gasteiger partial charge is 0.352 e. The molecule has 0 aliphatic carbocycles. The first-order valence-corrected chi connectivity index (χ1v) is 6.04. The van der Waals surface area contributed by atoms with Gasteiger partial charge in [-0.05, 0) is 24.6 Å². The van der Waals surface area contributed by atoms with Crippen LogP contribution < -0.4 is 16.6 Å². The summed E-state index contributed by atoms with van der Waals surface area (Å²) < 4.78 is 0. The van der Waals surface area contributed by atoms with Crippen LogP contribution in [0.1, 0.15) is 16.8 Å². The number of rotatable bonds is 4. The fraction of sp³-hybridized carbons (Fsp3) is 0.231. The van der Waals surface area contributed by atoms with Gasteiger partial charge in [0.05, 0.1) is 6.42 Å². The number of amides is 1. The molecule has 7 nitrogen and oxygen atoms in total. The zero-order valence-corrected chi connectivity index (χ0v) is 10.9. The third-order valence-electron chi connectivity index (χ3n) is 2.83. The average molecular weight is 274 g/mol. The Bertz CT molecular complexity index is 718. The first-order valence-electron chi connectivity index (χ1n) is 6.04. The molecule has 0 atom stereocenters. The molecule has 2 heterocycles. The number of pyridine rings is 1. The van der Waals surface area contributed by atoms with Gasteiger partial charge in [0.2, 0.25) is 5.91 Å². The molecule has 0 unspecified atom stereocenters. The molecule has 2 aromatic rings. The summed E-state index contributed by atoms with van der Waals surface area (Å²) in [5.41, 5.74) is 0.467. The van der Waals surface area contributed by atoms with E-state index in [4.69, 9.17) is 0 Å². The van der Waals surface area contributed by atoms with E-state index >= 15 is 0 Å². The lowest BCUT2D eigenvalue weighted by atomic mass is 10.1. The van der Waals surface area contributed by atoms with E-state index in [9.17, 15) is 14.4 Å². The van der Waals surface area contributed by atoms with Gasteiger partial charge in [-0.1, -0.05) is 0 Å². The maximum absolute atomic E-state index is 11.8. The predicted octanol–water partition coefficient (Wildman–Crippen LogP) is -0.374. The lowest BCUT2D eigenvalue weighted by Crippen LogP contribution is -2.32. The fourth-order valence-electron chi connectivity index (χ4n) is 1.76. The molecule has 104 valence electrons. The highest BCUT2D eigenvalue weighted by atomic mass is 16.2. The van der Waals surface area contributed by atoms with Crippen molar-refractivity contribution in [2.75, 3.05) is 0 Å². The van der Waals surface area contributed by atoms with Gasteiger partial charge in [0.15, 0.2) is 0 Å². The van der Waals surface area contributed by atoms with Crippen LogP contribution in [0, 0.1) is 6.92 Å². The third kappa shape index (κ3) is 3.41. The van der Waals surface area contributed by atoms with Crippen LogP contribution in [0.5, 0.6) is 0 Å². The third-order valence-corrected chi connectivity index (χ3v) is 2.83. The Morgan fingerprint density at radius 2 is 1.95 bits per heavy atom. The zero-order chi connectivity index (χ0) is 14.5. The smallest absolute Gasteiger partial charge is 0.325 e. The van der Waals surface area contributed by atoms with Crippen LogP contribution >= 0.6 is 0 Å². The molecule has 7 heteroatoms. The number of hydrogen-bond donors (Lipinski definition) is 3. The number of H-pyrrole nitrogens is 2. The highest BCUT2D eigenvalue weighted by Crippen LogP contribution is 1.98. The summed E-state index contributed by atoms with van der Waals surface area (Å²) >= 11 is 0. The Balaban J connectivity index is 2.02. The van der Waals surface area contributed by atoms with Gasteiger partial charge < -0.3 is 10.3 Å². The average Bonchev–Trinajstić information content (AvgIpc) is 2.42. The topological polar surface area (TPSA) is 108 Å². The summed E-state index contributed by atoms with van der Waals surface area (Å²) in [6.45, 7) is 1.95. The number of nitrogens with zero attached hydrogens (tertiary/aromatic N) is 1. The molecule has 0 saturated carbocycles. The summed E-state index contributed by atoms with van der Waals surface area (Å²) in [4.78, 5) is 42.9. The van der Waals surface area contributed by atoms with Crippen molar-refractivity contribution in [3.8, 4) is 0 Å². The standard InChI is InChI=1S/C13H14N4O3/c1-8-10(12(19)17-13(20)16-8)6-11(18)15-7-9-2-4-14-5-3-9/h2-5H,6-7H2,1H3,(H,15,18)(H2,16,17,19,20). The molecular weight excluding hydrogens is 260 g/mol. The molecule has 1 amide bonds. The number of carbonyl (C=O) groups is 1. The number of aromatic nitrogens is 3. The van der Waals surface area contributed by atoms with Gasteiger partial charge in [0, 0.05) is 30.2 Å². The minimum absolute atomic E-state index is 0.0803. The van der Waals surface area contributed by atoms with Crippen molar-refractivity contribution in [2.24, 2.45) is 0 Å². The van der Waals surface area contributed by atoms with Crippen molar-refractivity contribution in [3.63, 3.8) is 0 Å². The van der Waals surface area contributed by atoms with E-state index in [2.05, 4.69) is 20.3 Å². The van der Waals surface area contributed by atoms with Crippen molar-refractivity contribution >= 4 is 5.91 Å². The lowest BCUT2D eigenvalue weighted by molar-refractivity contribution is -0.120. The second kappa shape index (κ2) is 5.96. The molecular formula is C13H14N4O3. The van der Waals surface area contributed by atoms with Gasteiger partial charge in [-0.3, -0.25) is 19.6 Å². The van der Waals surface area contributed by atoms with Crippen LogP contribution in [0.25, 0.3) is 0 Å². The SMILES string of the molecule is Cc1[nH]c(=O)[nH]c(=O)c1CC(=O)NCc1ccncc1. The molecule has 0 aromatic carbocycles. The molecule has 0 aliphatic rings. The Morgan fingerprint density at radius 1 is 1.25 bits per heavy atom. The first-order chi connectivity index (χ1) is 9.56. The zero-order valence-electron chi connectivity index (χ0n) is 10.9. The van der Waals surface area contributed by atoms with Crippen LogP contribution in [0.2, 0.25) is 0 Å². The second-order valence-corrected chi connectivity index (χ2v) is 4.32. The van der Waals surface area contributed by atoms with Crippen molar-refractivity contribution in [1.29, 1.82) is 0 Å². The number of hydrogen-bond acceptors (Lipinski definition) is 4. The maximum Gasteiger partial charge on any atom is 0.325 e. The summed E-state index contributed by atoms with van der Waals surface area (Å²) in [5, 5.41) is 2.70. The highest BCUT2D eigenvalue weighted by molar-refractivity contribution is 5.78. The van der Waals surface area contributed by atoms with Gasteiger partial charge >= 0.3 is 5.69 Å². The number of aromatic amines is 2. The minimum Gasteiger partial charge on any atom is -0.352 e. The van der Waals surface area contributed by atoms with Crippen molar-refractivity contribution < 1.29 is 4.79 Å². The van der Waals surface area contributed by atoms with E-state index in [-0.39, 0.29) is 17.9 Å². The van der Waals surface area contributed by atoms with Crippen LogP contribution in [-0.2, 0) is 17.8 Å². The Labute approximate surface area is 114 Å². The van der Waals surface area contributed by atoms with E-state index in [0.717, 1.165) is 5.56 Å². The minimum atomic E-state index is -0.576.